The van der Waals surface area contributed by atoms with E-state index in [2.05, 4.69) is 10.5 Å². The maximum Gasteiger partial charge on any atom is 0.275 e. The summed E-state index contributed by atoms with van der Waals surface area (Å²) in [6, 6.07) is 8.25. The van der Waals surface area contributed by atoms with E-state index in [4.69, 9.17) is 14.2 Å². The van der Waals surface area contributed by atoms with Gasteiger partial charge >= 0.3 is 0 Å². The standard InChI is InChI=1S/C18H19IN2O5/c1-4-26-16-8-11(7-14(19)17(16)22)10-20-21-18(23)13-6-5-12(24-2)9-15(13)25-3/h5-10,22H,4H2,1-3H3,(H,21,23). The smallest absolute Gasteiger partial charge is 0.275 e. The number of nitrogens with one attached hydrogen (secondary N) is 1. The van der Waals surface area contributed by atoms with E-state index in [1.807, 2.05) is 29.5 Å². The van der Waals surface area contributed by atoms with Crippen LogP contribution in [0.25, 0.3) is 0 Å². The van der Waals surface area contributed by atoms with Gasteiger partial charge < -0.3 is 19.3 Å². The molecule has 0 radical (unpaired) electrons. The number of halogens is 1. The molecule has 7 nitrogen and oxygen atoms in total. The van der Waals surface area contributed by atoms with E-state index in [0.29, 0.717) is 38.6 Å². The van der Waals surface area contributed by atoms with Crippen LogP contribution in [-0.4, -0.2) is 38.1 Å². The van der Waals surface area contributed by atoms with Crippen molar-refractivity contribution >= 4 is 34.7 Å². The number of hydrogen-bond donors (Lipinski definition) is 2. The van der Waals surface area contributed by atoms with Crippen LogP contribution in [0.2, 0.25) is 0 Å². The summed E-state index contributed by atoms with van der Waals surface area (Å²) in [5.41, 5.74) is 3.46. The van der Waals surface area contributed by atoms with Crippen LogP contribution < -0.4 is 19.6 Å². The Labute approximate surface area is 165 Å². The highest BCUT2D eigenvalue weighted by molar-refractivity contribution is 14.1. The molecule has 0 spiro atoms. The summed E-state index contributed by atoms with van der Waals surface area (Å²) in [6.45, 7) is 2.26. The SMILES string of the molecule is CCOc1cc(C=NNC(=O)c2ccc(OC)cc2OC)cc(I)c1O. The number of phenolic OH excluding ortho intramolecular Hbond substituents is 1. The van der Waals surface area contributed by atoms with E-state index < -0.39 is 5.91 Å². The summed E-state index contributed by atoms with van der Waals surface area (Å²) in [7, 11) is 3.01. The number of nitrogens with zero attached hydrogens (tertiary/aromatic N) is 1. The summed E-state index contributed by atoms with van der Waals surface area (Å²) in [6.07, 6.45) is 1.47. The maximum absolute atomic E-state index is 12.3. The number of hydrogen-bond acceptors (Lipinski definition) is 6. The van der Waals surface area contributed by atoms with E-state index in [-0.39, 0.29) is 5.75 Å². The third-order valence-corrected chi connectivity index (χ3v) is 4.21. The highest BCUT2D eigenvalue weighted by Gasteiger charge is 2.13. The molecule has 0 aliphatic heterocycles. The molecule has 138 valence electrons. The van der Waals surface area contributed by atoms with Crippen LogP contribution in [0.5, 0.6) is 23.0 Å². The minimum Gasteiger partial charge on any atom is -0.504 e. The first-order valence-corrected chi connectivity index (χ1v) is 8.78. The first-order chi connectivity index (χ1) is 12.5. The number of amides is 1. The van der Waals surface area contributed by atoms with Crippen molar-refractivity contribution in [1.29, 1.82) is 0 Å². The Balaban J connectivity index is 2.14. The fraction of sp³-hybridized carbons (Fsp3) is 0.222. The Hall–Kier alpha value is -2.49. The summed E-state index contributed by atoms with van der Waals surface area (Å²) >= 11 is 2.00. The number of hydrazone groups is 1. The highest BCUT2D eigenvalue weighted by atomic mass is 127. The van der Waals surface area contributed by atoms with Gasteiger partial charge in [-0.15, -0.1) is 0 Å². The molecule has 0 saturated heterocycles. The molecule has 0 atom stereocenters. The van der Waals surface area contributed by atoms with Gasteiger partial charge in [0.25, 0.3) is 5.91 Å². The van der Waals surface area contributed by atoms with E-state index in [9.17, 15) is 9.90 Å². The molecule has 0 unspecified atom stereocenters. The van der Waals surface area contributed by atoms with Crippen molar-refractivity contribution in [2.45, 2.75) is 6.92 Å². The number of carbonyl (C=O) groups is 1. The molecule has 2 N–H and O–H groups in total. The number of phenols is 1. The van der Waals surface area contributed by atoms with Gasteiger partial charge in [-0.25, -0.2) is 5.43 Å². The molecule has 0 heterocycles. The average molecular weight is 470 g/mol. The minimum atomic E-state index is -0.417. The Bertz CT molecular complexity index is 823. The van der Waals surface area contributed by atoms with Crippen LogP contribution in [-0.2, 0) is 0 Å². The summed E-state index contributed by atoms with van der Waals surface area (Å²) in [5.74, 6) is 0.999. The van der Waals surface area contributed by atoms with Gasteiger partial charge in [0.2, 0.25) is 0 Å². The van der Waals surface area contributed by atoms with Crippen molar-refractivity contribution in [2.75, 3.05) is 20.8 Å². The lowest BCUT2D eigenvalue weighted by Crippen LogP contribution is -2.18. The second-order valence-corrected chi connectivity index (χ2v) is 6.21. The van der Waals surface area contributed by atoms with Gasteiger partial charge in [-0.2, -0.15) is 5.10 Å². The molecule has 8 heteroatoms. The lowest BCUT2D eigenvalue weighted by atomic mass is 10.2. The molecule has 0 aliphatic rings. The number of methoxy groups -OCH3 is 2. The third-order valence-electron chi connectivity index (χ3n) is 3.38. The van der Waals surface area contributed by atoms with Crippen molar-refractivity contribution in [3.05, 3.63) is 45.0 Å². The lowest BCUT2D eigenvalue weighted by Gasteiger charge is -2.09. The van der Waals surface area contributed by atoms with Gasteiger partial charge in [-0.1, -0.05) is 0 Å². The zero-order valence-electron chi connectivity index (χ0n) is 14.6. The molecule has 0 bridgehead atoms. The zero-order chi connectivity index (χ0) is 19.1. The van der Waals surface area contributed by atoms with E-state index in [1.165, 1.54) is 20.4 Å². The van der Waals surface area contributed by atoms with Crippen molar-refractivity contribution in [2.24, 2.45) is 5.10 Å². The molecule has 0 aromatic heterocycles. The second-order valence-electron chi connectivity index (χ2n) is 5.05. The molecule has 0 aliphatic carbocycles. The average Bonchev–Trinajstić information content (AvgIpc) is 2.65. The Morgan fingerprint density at radius 1 is 1.23 bits per heavy atom. The summed E-state index contributed by atoms with van der Waals surface area (Å²) in [4.78, 5) is 12.3. The van der Waals surface area contributed by atoms with Gasteiger partial charge in [-0.3, -0.25) is 4.79 Å². The molecule has 0 saturated carbocycles. The maximum atomic E-state index is 12.3. The molecule has 1 amide bonds. The molecule has 2 rings (SSSR count). The monoisotopic (exact) mass is 470 g/mol. The second kappa shape index (κ2) is 9.27. The van der Waals surface area contributed by atoms with Gasteiger partial charge in [0.1, 0.15) is 11.5 Å². The van der Waals surface area contributed by atoms with Crippen LogP contribution in [0.3, 0.4) is 0 Å². The summed E-state index contributed by atoms with van der Waals surface area (Å²) in [5, 5.41) is 13.9. The number of ether oxygens (including phenoxy) is 3. The normalized spacial score (nSPS) is 10.6. The highest BCUT2D eigenvalue weighted by Crippen LogP contribution is 2.32. The molecule has 26 heavy (non-hydrogen) atoms. The number of carbonyl (C=O) groups excluding carboxylic acids is 1. The predicted molar refractivity (Wildman–Crippen MR) is 107 cm³/mol. The van der Waals surface area contributed by atoms with E-state index in [0.717, 1.165) is 0 Å². The van der Waals surface area contributed by atoms with Crippen LogP contribution in [0.1, 0.15) is 22.8 Å². The fourth-order valence-corrected chi connectivity index (χ4v) is 2.77. The van der Waals surface area contributed by atoms with Crippen LogP contribution in [0.15, 0.2) is 35.4 Å². The van der Waals surface area contributed by atoms with Crippen LogP contribution >= 0.6 is 22.6 Å². The quantitative estimate of drug-likeness (QED) is 0.369. The molecule has 2 aromatic carbocycles. The minimum absolute atomic E-state index is 0.0802. The van der Waals surface area contributed by atoms with Crippen LogP contribution in [0, 0.1) is 3.57 Å². The first-order valence-electron chi connectivity index (χ1n) is 7.70. The van der Waals surface area contributed by atoms with Crippen molar-refractivity contribution in [1.82, 2.24) is 5.43 Å². The Morgan fingerprint density at radius 3 is 2.65 bits per heavy atom. The van der Waals surface area contributed by atoms with Crippen LogP contribution in [0.4, 0.5) is 0 Å². The molecular weight excluding hydrogens is 451 g/mol. The van der Waals surface area contributed by atoms with E-state index >= 15 is 0 Å². The number of benzene rings is 2. The molecular formula is C18H19IN2O5. The van der Waals surface area contributed by atoms with Gasteiger partial charge in [0.15, 0.2) is 11.5 Å². The molecule has 0 fully saturated rings. The van der Waals surface area contributed by atoms with Gasteiger partial charge in [0.05, 0.1) is 36.2 Å². The Morgan fingerprint density at radius 2 is 2.00 bits per heavy atom. The lowest BCUT2D eigenvalue weighted by molar-refractivity contribution is 0.0952. The zero-order valence-corrected chi connectivity index (χ0v) is 16.7. The van der Waals surface area contributed by atoms with E-state index in [1.54, 1.807) is 30.3 Å². The first kappa shape index (κ1) is 19.8. The number of aromatic hydroxyl groups is 1. The summed E-state index contributed by atoms with van der Waals surface area (Å²) < 4.78 is 16.3. The predicted octanol–water partition coefficient (Wildman–Crippen LogP) is 3.18. The van der Waals surface area contributed by atoms with Crippen molar-refractivity contribution in [3.63, 3.8) is 0 Å². The van der Waals surface area contributed by atoms with Gasteiger partial charge in [-0.05, 0) is 59.3 Å². The topological polar surface area (TPSA) is 89.4 Å². The van der Waals surface area contributed by atoms with Crippen molar-refractivity contribution < 1.29 is 24.1 Å². The fourth-order valence-electron chi connectivity index (χ4n) is 2.15. The molecule has 2 aromatic rings. The Kier molecular flexibility index (Phi) is 7.07. The number of rotatable bonds is 7. The van der Waals surface area contributed by atoms with Crippen molar-refractivity contribution in [3.8, 4) is 23.0 Å². The largest absolute Gasteiger partial charge is 0.504 e. The third kappa shape index (κ3) is 4.78. The van der Waals surface area contributed by atoms with Gasteiger partial charge in [0, 0.05) is 6.07 Å².